The highest BCUT2D eigenvalue weighted by molar-refractivity contribution is 5.74. The third-order valence-electron chi connectivity index (χ3n) is 5.16. The smallest absolute Gasteiger partial charge is 0.315 e. The number of methoxy groups -OCH3 is 1. The standard InChI is InChI=1S/C17H29N5O2/c1-24-14-9-5-2-4-8-13(14)19-17(23)18-12-16-21-20-15-10-6-3-7-11-22(15)16/h13-14H,2-12H2,1H3,(H2,18,19,23)/t13-,14+/m1/s1. The predicted molar refractivity (Wildman–Crippen MR) is 90.6 cm³/mol. The maximum atomic E-state index is 12.3. The van der Waals surface area contributed by atoms with E-state index in [9.17, 15) is 4.79 Å². The van der Waals surface area contributed by atoms with Crippen molar-refractivity contribution in [3.8, 4) is 0 Å². The molecule has 1 aromatic heterocycles. The summed E-state index contributed by atoms with van der Waals surface area (Å²) in [5.41, 5.74) is 0. The highest BCUT2D eigenvalue weighted by atomic mass is 16.5. The number of aryl methyl sites for hydroxylation is 1. The van der Waals surface area contributed by atoms with Crippen molar-refractivity contribution in [1.29, 1.82) is 0 Å². The molecular weight excluding hydrogens is 306 g/mol. The number of fused-ring (bicyclic) bond motifs is 1. The largest absolute Gasteiger partial charge is 0.379 e. The third kappa shape index (κ3) is 4.26. The van der Waals surface area contributed by atoms with Crippen molar-refractivity contribution in [3.63, 3.8) is 0 Å². The minimum atomic E-state index is -0.144. The van der Waals surface area contributed by atoms with Gasteiger partial charge in [0.2, 0.25) is 0 Å². The summed E-state index contributed by atoms with van der Waals surface area (Å²) in [6.07, 6.45) is 10.2. The van der Waals surface area contributed by atoms with Crippen LogP contribution in [0.25, 0.3) is 0 Å². The number of hydrogen-bond donors (Lipinski definition) is 2. The van der Waals surface area contributed by atoms with Crippen LogP contribution in [0.2, 0.25) is 0 Å². The fourth-order valence-electron chi connectivity index (χ4n) is 3.78. The number of nitrogens with zero attached hydrogens (tertiary/aromatic N) is 3. The maximum Gasteiger partial charge on any atom is 0.315 e. The Bertz CT molecular complexity index is 545. The van der Waals surface area contributed by atoms with Crippen molar-refractivity contribution in [2.45, 2.75) is 83.0 Å². The van der Waals surface area contributed by atoms with Crippen LogP contribution in [-0.4, -0.2) is 40.1 Å². The van der Waals surface area contributed by atoms with E-state index in [0.717, 1.165) is 50.3 Å². The van der Waals surface area contributed by atoms with Crippen LogP contribution < -0.4 is 10.6 Å². The summed E-state index contributed by atoms with van der Waals surface area (Å²) in [6.45, 7) is 1.37. The number of urea groups is 1. The monoisotopic (exact) mass is 335 g/mol. The molecule has 2 aliphatic rings. The summed E-state index contributed by atoms with van der Waals surface area (Å²) >= 11 is 0. The second-order valence-electron chi connectivity index (χ2n) is 6.84. The fourth-order valence-corrected chi connectivity index (χ4v) is 3.78. The Morgan fingerprint density at radius 2 is 2.00 bits per heavy atom. The Kier molecular flexibility index (Phi) is 6.07. The van der Waals surface area contributed by atoms with Crippen LogP contribution in [0.15, 0.2) is 0 Å². The normalized spacial score (nSPS) is 24.5. The molecule has 1 aliphatic heterocycles. The molecule has 2 amide bonds. The zero-order chi connectivity index (χ0) is 16.8. The van der Waals surface area contributed by atoms with E-state index in [2.05, 4.69) is 25.4 Å². The molecule has 0 unspecified atom stereocenters. The average molecular weight is 335 g/mol. The molecule has 2 atom stereocenters. The van der Waals surface area contributed by atoms with Crippen molar-refractivity contribution in [3.05, 3.63) is 11.6 Å². The van der Waals surface area contributed by atoms with Crippen LogP contribution in [-0.2, 0) is 24.2 Å². The lowest BCUT2D eigenvalue weighted by Crippen LogP contribution is -2.47. The van der Waals surface area contributed by atoms with Gasteiger partial charge in [-0.2, -0.15) is 0 Å². The molecule has 2 N–H and O–H groups in total. The summed E-state index contributed by atoms with van der Waals surface area (Å²) in [5.74, 6) is 1.90. The number of ether oxygens (including phenoxy) is 1. The molecule has 7 heteroatoms. The van der Waals surface area contributed by atoms with Gasteiger partial charge in [-0.3, -0.25) is 0 Å². The van der Waals surface area contributed by atoms with Gasteiger partial charge in [-0.25, -0.2) is 4.79 Å². The van der Waals surface area contributed by atoms with Crippen molar-refractivity contribution in [1.82, 2.24) is 25.4 Å². The van der Waals surface area contributed by atoms with E-state index in [1.807, 2.05) is 0 Å². The van der Waals surface area contributed by atoms with E-state index >= 15 is 0 Å². The Morgan fingerprint density at radius 3 is 2.88 bits per heavy atom. The molecule has 134 valence electrons. The molecule has 0 saturated heterocycles. The first-order valence-corrected chi connectivity index (χ1v) is 9.26. The van der Waals surface area contributed by atoms with Crippen LogP contribution in [0.3, 0.4) is 0 Å². The number of carbonyl (C=O) groups excluding carboxylic acids is 1. The molecule has 0 bridgehead atoms. The zero-order valence-electron chi connectivity index (χ0n) is 14.6. The minimum Gasteiger partial charge on any atom is -0.379 e. The van der Waals surface area contributed by atoms with Crippen LogP contribution in [0.5, 0.6) is 0 Å². The van der Waals surface area contributed by atoms with E-state index in [1.165, 1.54) is 25.7 Å². The second kappa shape index (κ2) is 8.46. The Morgan fingerprint density at radius 1 is 1.17 bits per heavy atom. The number of carbonyl (C=O) groups is 1. The molecule has 1 saturated carbocycles. The lowest BCUT2D eigenvalue weighted by atomic mass is 10.1. The van der Waals surface area contributed by atoms with Crippen molar-refractivity contribution in [2.75, 3.05) is 7.11 Å². The van der Waals surface area contributed by atoms with Crippen LogP contribution in [0, 0.1) is 0 Å². The molecule has 2 heterocycles. The number of aromatic nitrogens is 3. The molecule has 1 fully saturated rings. The number of nitrogens with one attached hydrogen (secondary N) is 2. The number of rotatable bonds is 4. The van der Waals surface area contributed by atoms with Crippen molar-refractivity contribution in [2.24, 2.45) is 0 Å². The second-order valence-corrected chi connectivity index (χ2v) is 6.84. The Balaban J connectivity index is 1.53. The van der Waals surface area contributed by atoms with Gasteiger partial charge in [0.1, 0.15) is 5.82 Å². The summed E-state index contributed by atoms with van der Waals surface area (Å²) in [4.78, 5) is 12.3. The van der Waals surface area contributed by atoms with Gasteiger partial charge in [0, 0.05) is 20.1 Å². The van der Waals surface area contributed by atoms with Gasteiger partial charge >= 0.3 is 6.03 Å². The van der Waals surface area contributed by atoms with E-state index < -0.39 is 0 Å². The number of hydrogen-bond acceptors (Lipinski definition) is 4. The van der Waals surface area contributed by atoms with Gasteiger partial charge in [0.05, 0.1) is 18.7 Å². The van der Waals surface area contributed by atoms with E-state index in [-0.39, 0.29) is 18.2 Å². The first-order valence-electron chi connectivity index (χ1n) is 9.26. The molecular formula is C17H29N5O2. The lowest BCUT2D eigenvalue weighted by Gasteiger charge is -2.25. The van der Waals surface area contributed by atoms with Gasteiger partial charge in [-0.1, -0.05) is 25.7 Å². The highest BCUT2D eigenvalue weighted by Crippen LogP contribution is 2.20. The lowest BCUT2D eigenvalue weighted by molar-refractivity contribution is 0.0660. The molecule has 1 aliphatic carbocycles. The minimum absolute atomic E-state index is 0.0908. The molecule has 0 radical (unpaired) electrons. The van der Waals surface area contributed by atoms with Crippen LogP contribution >= 0.6 is 0 Å². The van der Waals surface area contributed by atoms with Gasteiger partial charge in [-0.05, 0) is 25.7 Å². The topological polar surface area (TPSA) is 81.1 Å². The molecule has 0 aromatic carbocycles. The van der Waals surface area contributed by atoms with Gasteiger partial charge < -0.3 is 19.9 Å². The van der Waals surface area contributed by atoms with Gasteiger partial charge in [0.25, 0.3) is 0 Å². The van der Waals surface area contributed by atoms with Gasteiger partial charge in [0.15, 0.2) is 5.82 Å². The molecule has 0 spiro atoms. The average Bonchev–Trinajstić information content (AvgIpc) is 2.76. The van der Waals surface area contributed by atoms with E-state index in [4.69, 9.17) is 4.74 Å². The molecule has 7 nitrogen and oxygen atoms in total. The highest BCUT2D eigenvalue weighted by Gasteiger charge is 2.25. The van der Waals surface area contributed by atoms with E-state index in [0.29, 0.717) is 6.54 Å². The first kappa shape index (κ1) is 17.2. The third-order valence-corrected chi connectivity index (χ3v) is 5.16. The summed E-state index contributed by atoms with van der Waals surface area (Å²) in [7, 11) is 1.73. The van der Waals surface area contributed by atoms with Crippen molar-refractivity contribution < 1.29 is 9.53 Å². The number of amides is 2. The predicted octanol–water partition coefficient (Wildman–Crippen LogP) is 2.15. The summed E-state index contributed by atoms with van der Waals surface area (Å²) in [5, 5.41) is 14.5. The molecule has 1 aromatic rings. The Hall–Kier alpha value is -1.63. The summed E-state index contributed by atoms with van der Waals surface area (Å²) in [6, 6.07) is -0.0528. The SMILES string of the molecule is CO[C@H]1CCCCC[C@H]1NC(=O)NCc1nnc2n1CCCCC2. The first-order chi connectivity index (χ1) is 11.8. The summed E-state index contributed by atoms with van der Waals surface area (Å²) < 4.78 is 7.72. The Labute approximate surface area is 143 Å². The van der Waals surface area contributed by atoms with Crippen LogP contribution in [0.4, 0.5) is 4.79 Å². The van der Waals surface area contributed by atoms with Crippen molar-refractivity contribution >= 4 is 6.03 Å². The molecule has 3 rings (SSSR count). The maximum absolute atomic E-state index is 12.3. The fraction of sp³-hybridized carbons (Fsp3) is 0.824. The zero-order valence-corrected chi connectivity index (χ0v) is 14.6. The van der Waals surface area contributed by atoms with E-state index in [1.54, 1.807) is 7.11 Å². The quantitative estimate of drug-likeness (QED) is 0.826. The molecule has 24 heavy (non-hydrogen) atoms. The van der Waals surface area contributed by atoms with Gasteiger partial charge in [-0.15, -0.1) is 10.2 Å². The van der Waals surface area contributed by atoms with Crippen LogP contribution in [0.1, 0.15) is 63.0 Å².